The molecule has 0 saturated heterocycles. The van der Waals surface area contributed by atoms with Crippen molar-refractivity contribution in [2.75, 3.05) is 27.0 Å². The fourth-order valence-corrected chi connectivity index (χ4v) is 5.04. The molecular formula is C22H26N4O3S2. The highest BCUT2D eigenvalue weighted by molar-refractivity contribution is 7.99. The molecule has 1 amide bonds. The van der Waals surface area contributed by atoms with Crippen molar-refractivity contribution in [2.45, 2.75) is 37.0 Å². The summed E-state index contributed by atoms with van der Waals surface area (Å²) in [5.41, 5.74) is 0.984. The van der Waals surface area contributed by atoms with E-state index in [1.807, 2.05) is 25.2 Å². The van der Waals surface area contributed by atoms with E-state index < -0.39 is 0 Å². The molecule has 3 aromatic rings. The van der Waals surface area contributed by atoms with Crippen LogP contribution in [0.4, 0.5) is 0 Å². The molecule has 0 aliphatic heterocycles. The van der Waals surface area contributed by atoms with E-state index >= 15 is 0 Å². The lowest BCUT2D eigenvalue weighted by molar-refractivity contribution is -0.127. The molecule has 2 heterocycles. The Labute approximate surface area is 190 Å². The molecule has 1 aliphatic carbocycles. The predicted molar refractivity (Wildman–Crippen MR) is 122 cm³/mol. The van der Waals surface area contributed by atoms with E-state index in [0.717, 1.165) is 35.8 Å². The summed E-state index contributed by atoms with van der Waals surface area (Å²) in [5.74, 6) is 2.69. The molecule has 1 saturated carbocycles. The van der Waals surface area contributed by atoms with E-state index in [-0.39, 0.29) is 5.91 Å². The molecule has 0 N–H and O–H groups in total. The molecule has 0 unspecified atom stereocenters. The lowest BCUT2D eigenvalue weighted by Crippen LogP contribution is -2.28. The van der Waals surface area contributed by atoms with Crippen LogP contribution in [0.25, 0.3) is 0 Å². The molecule has 2 aromatic heterocycles. The second kappa shape index (κ2) is 9.74. The normalized spacial score (nSPS) is 13.3. The third-order valence-corrected chi connectivity index (χ3v) is 6.98. The monoisotopic (exact) mass is 458 g/mol. The highest BCUT2D eigenvalue weighted by Crippen LogP contribution is 2.39. The van der Waals surface area contributed by atoms with Crippen molar-refractivity contribution in [3.05, 3.63) is 52.0 Å². The molecule has 0 radical (unpaired) electrons. The number of hydrogen-bond acceptors (Lipinski definition) is 7. The predicted octanol–water partition coefficient (Wildman–Crippen LogP) is 4.03. The van der Waals surface area contributed by atoms with Gasteiger partial charge in [-0.2, -0.15) is 0 Å². The Morgan fingerprint density at radius 2 is 2.03 bits per heavy atom. The first-order chi connectivity index (χ1) is 15.1. The summed E-state index contributed by atoms with van der Waals surface area (Å²) in [6.07, 6.45) is 3.08. The molecule has 9 heteroatoms. The summed E-state index contributed by atoms with van der Waals surface area (Å²) in [4.78, 5) is 15.7. The van der Waals surface area contributed by atoms with Crippen molar-refractivity contribution in [2.24, 2.45) is 0 Å². The second-order valence-electron chi connectivity index (χ2n) is 7.48. The van der Waals surface area contributed by atoms with Gasteiger partial charge >= 0.3 is 0 Å². The Morgan fingerprint density at radius 1 is 1.23 bits per heavy atom. The molecule has 0 bridgehead atoms. The van der Waals surface area contributed by atoms with Gasteiger partial charge in [0.2, 0.25) is 5.91 Å². The molecule has 0 atom stereocenters. The summed E-state index contributed by atoms with van der Waals surface area (Å²) >= 11 is 3.20. The van der Waals surface area contributed by atoms with Crippen LogP contribution in [0.3, 0.4) is 0 Å². The Hall–Kier alpha value is -2.52. The van der Waals surface area contributed by atoms with Crippen molar-refractivity contribution in [3.63, 3.8) is 0 Å². The SMILES string of the molecule is COc1ccc(CN(C)C(=O)CSc2nnc(Cc3cccs3)n2C2CC2)cc1OC. The molecule has 1 fully saturated rings. The highest BCUT2D eigenvalue weighted by atomic mass is 32.2. The number of carbonyl (C=O) groups is 1. The number of methoxy groups -OCH3 is 2. The number of ether oxygens (including phenoxy) is 2. The lowest BCUT2D eigenvalue weighted by Gasteiger charge is -2.18. The minimum atomic E-state index is 0.0462. The van der Waals surface area contributed by atoms with Gasteiger partial charge in [-0.25, -0.2) is 0 Å². The van der Waals surface area contributed by atoms with Crippen molar-refractivity contribution in [1.29, 1.82) is 0 Å². The number of nitrogens with zero attached hydrogens (tertiary/aromatic N) is 4. The van der Waals surface area contributed by atoms with E-state index in [4.69, 9.17) is 9.47 Å². The van der Waals surface area contributed by atoms with E-state index in [9.17, 15) is 4.79 Å². The maximum atomic E-state index is 12.8. The van der Waals surface area contributed by atoms with Crippen LogP contribution in [0, 0.1) is 0 Å². The molecule has 7 nitrogen and oxygen atoms in total. The number of thioether (sulfide) groups is 1. The number of benzene rings is 1. The molecular weight excluding hydrogens is 432 g/mol. The fourth-order valence-electron chi connectivity index (χ4n) is 3.37. The number of hydrogen-bond donors (Lipinski definition) is 0. The van der Waals surface area contributed by atoms with Gasteiger partial charge in [0.25, 0.3) is 0 Å². The van der Waals surface area contributed by atoms with E-state index in [2.05, 4.69) is 32.3 Å². The third kappa shape index (κ3) is 5.22. The number of amides is 1. The Kier molecular flexibility index (Phi) is 6.82. The summed E-state index contributed by atoms with van der Waals surface area (Å²) in [7, 11) is 5.03. The van der Waals surface area contributed by atoms with Gasteiger partial charge < -0.3 is 18.9 Å². The van der Waals surface area contributed by atoms with Crippen LogP contribution >= 0.6 is 23.1 Å². The fraction of sp³-hybridized carbons (Fsp3) is 0.409. The minimum Gasteiger partial charge on any atom is -0.493 e. The number of aromatic nitrogens is 3. The average Bonchev–Trinajstić information content (AvgIpc) is 3.33. The van der Waals surface area contributed by atoms with Crippen molar-refractivity contribution < 1.29 is 14.3 Å². The Morgan fingerprint density at radius 3 is 2.71 bits per heavy atom. The van der Waals surface area contributed by atoms with Crippen molar-refractivity contribution in [3.8, 4) is 11.5 Å². The van der Waals surface area contributed by atoms with Crippen LogP contribution in [0.2, 0.25) is 0 Å². The highest BCUT2D eigenvalue weighted by Gasteiger charge is 2.30. The number of rotatable bonds is 10. The molecule has 4 rings (SSSR count). The molecule has 164 valence electrons. The van der Waals surface area contributed by atoms with Gasteiger partial charge in [-0.15, -0.1) is 21.5 Å². The van der Waals surface area contributed by atoms with Crippen LogP contribution in [-0.2, 0) is 17.8 Å². The topological polar surface area (TPSA) is 69.5 Å². The largest absolute Gasteiger partial charge is 0.493 e. The summed E-state index contributed by atoms with van der Waals surface area (Å²) in [6, 6.07) is 10.3. The zero-order valence-corrected chi connectivity index (χ0v) is 19.5. The average molecular weight is 459 g/mol. The van der Waals surface area contributed by atoms with Crippen LogP contribution in [0.1, 0.15) is 35.1 Å². The third-order valence-electron chi connectivity index (χ3n) is 5.18. The minimum absolute atomic E-state index is 0.0462. The molecule has 1 aliphatic rings. The quantitative estimate of drug-likeness (QED) is 0.427. The van der Waals surface area contributed by atoms with E-state index in [0.29, 0.717) is 29.8 Å². The van der Waals surface area contributed by atoms with E-state index in [1.165, 1.54) is 16.6 Å². The maximum Gasteiger partial charge on any atom is 0.233 e. The van der Waals surface area contributed by atoms with Crippen LogP contribution in [0.15, 0.2) is 40.9 Å². The van der Waals surface area contributed by atoms with Crippen LogP contribution in [-0.4, -0.2) is 52.6 Å². The van der Waals surface area contributed by atoms with Gasteiger partial charge in [-0.1, -0.05) is 23.9 Å². The van der Waals surface area contributed by atoms with Gasteiger partial charge in [0.15, 0.2) is 16.7 Å². The van der Waals surface area contributed by atoms with Gasteiger partial charge in [0.1, 0.15) is 5.82 Å². The summed E-state index contributed by atoms with van der Waals surface area (Å²) < 4.78 is 12.9. The lowest BCUT2D eigenvalue weighted by atomic mass is 10.2. The number of thiophene rings is 1. The first-order valence-corrected chi connectivity index (χ1v) is 12.0. The Balaban J connectivity index is 1.38. The zero-order valence-electron chi connectivity index (χ0n) is 17.9. The molecule has 31 heavy (non-hydrogen) atoms. The summed E-state index contributed by atoms with van der Waals surface area (Å²) in [6.45, 7) is 0.499. The Bertz CT molecular complexity index is 1030. The van der Waals surface area contributed by atoms with Crippen molar-refractivity contribution >= 4 is 29.0 Å². The van der Waals surface area contributed by atoms with Crippen LogP contribution in [0.5, 0.6) is 11.5 Å². The van der Waals surface area contributed by atoms with Gasteiger partial charge in [-0.3, -0.25) is 4.79 Å². The molecule has 0 spiro atoms. The number of carbonyl (C=O) groups excluding carboxylic acids is 1. The first kappa shape index (κ1) is 21.7. The van der Waals surface area contributed by atoms with E-state index in [1.54, 1.807) is 30.5 Å². The van der Waals surface area contributed by atoms with Crippen molar-refractivity contribution in [1.82, 2.24) is 19.7 Å². The standard InChI is InChI=1S/C22H26N4O3S2/c1-25(13-15-6-9-18(28-2)19(11-15)29-3)21(27)14-31-22-24-23-20(26(22)16-7-8-16)12-17-5-4-10-30-17/h4-6,9-11,16H,7-8,12-14H2,1-3H3. The zero-order chi connectivity index (χ0) is 21.8. The first-order valence-electron chi connectivity index (χ1n) is 10.1. The second-order valence-corrected chi connectivity index (χ2v) is 9.46. The molecule has 1 aromatic carbocycles. The van der Waals surface area contributed by atoms with Gasteiger partial charge in [-0.05, 0) is 42.0 Å². The smallest absolute Gasteiger partial charge is 0.233 e. The van der Waals surface area contributed by atoms with Gasteiger partial charge in [0.05, 0.1) is 20.0 Å². The maximum absolute atomic E-state index is 12.8. The van der Waals surface area contributed by atoms with Crippen LogP contribution < -0.4 is 9.47 Å². The summed E-state index contributed by atoms with van der Waals surface area (Å²) in [5, 5.41) is 11.7. The van der Waals surface area contributed by atoms with Gasteiger partial charge in [0, 0.05) is 30.9 Å².